The van der Waals surface area contributed by atoms with E-state index < -0.39 is 24.5 Å². The molecule has 1 atom stereocenters. The Morgan fingerprint density at radius 2 is 2.07 bits per heavy atom. The number of ether oxygens (including phenoxy) is 1. The molecule has 7 heteroatoms. The molecule has 0 aliphatic heterocycles. The Hall–Kier alpha value is -2.22. The second kappa shape index (κ2) is 8.20. The van der Waals surface area contributed by atoms with Crippen LogP contribution in [0, 0.1) is 0 Å². The van der Waals surface area contributed by atoms with Gasteiger partial charge in [0, 0.05) is 0 Å². The van der Waals surface area contributed by atoms with Crippen LogP contribution < -0.4 is 13.6 Å². The summed E-state index contributed by atoms with van der Waals surface area (Å²) in [4.78, 5) is 25.7. The number of nitrogens with zero attached hydrogens (tertiary/aromatic N) is 1. The Kier molecular flexibility index (Phi) is 5.94. The van der Waals surface area contributed by atoms with Crippen molar-refractivity contribution in [2.45, 2.75) is 27.3 Å². The van der Waals surface area contributed by atoms with Crippen LogP contribution in [0.5, 0.6) is 5.75 Å². The zero-order chi connectivity index (χ0) is 19.4. The summed E-state index contributed by atoms with van der Waals surface area (Å²) in [6.45, 7) is 0.247. The predicted molar refractivity (Wildman–Crippen MR) is 110 cm³/mol. The van der Waals surface area contributed by atoms with E-state index in [0.29, 0.717) is 12.2 Å². The van der Waals surface area contributed by atoms with E-state index >= 15 is 0 Å². The number of aromatic nitrogens is 2. The van der Waals surface area contributed by atoms with Crippen molar-refractivity contribution < 1.29 is 14.6 Å². The van der Waals surface area contributed by atoms with Crippen LogP contribution in [0.1, 0.15) is 5.56 Å². The van der Waals surface area contributed by atoms with Gasteiger partial charge in [0.1, 0.15) is 0 Å². The minimum atomic E-state index is -2.23. The summed E-state index contributed by atoms with van der Waals surface area (Å²) in [5.74, 6) is 0.690. The molecule has 2 aromatic heterocycles. The summed E-state index contributed by atoms with van der Waals surface area (Å²) in [6, 6.07) is 9.67. The number of para-hydroxylation sites is 1. The number of fused-ring (bicyclic) bond motifs is 1. The molecule has 0 spiro atoms. The van der Waals surface area contributed by atoms with E-state index in [1.165, 1.54) is 3.58 Å². The second-order valence-electron chi connectivity index (χ2n) is 7.68. The number of amides is 1. The quantitative estimate of drug-likeness (QED) is 0.459. The second-order valence-corrected chi connectivity index (χ2v) is 22.2. The molecule has 0 bridgehead atoms. The number of hydrogen-bond acceptors (Lipinski definition) is 3. The standard InChI is InChI=1S/C17H16N3O3.3CH3.Sn/c21-17(22)20-13(11-23-14-4-3-7-18-10-14)8-12-9-19-16-6-2-1-5-15(12)16;;;;/h1-2,4-7,9-10,13,19-20H,8,11H2,(H,21,22);3*1H3;/t13-;;;;/m0..../s1. The molecular weight excluding hydrogens is 449 g/mol. The van der Waals surface area contributed by atoms with Crippen molar-refractivity contribution in [2.75, 3.05) is 6.61 Å². The normalized spacial score (nSPS) is 12.7. The van der Waals surface area contributed by atoms with Crippen molar-refractivity contribution in [3.05, 3.63) is 54.5 Å². The predicted octanol–water partition coefficient (Wildman–Crippen LogP) is 3.37. The molecule has 6 nitrogen and oxygen atoms in total. The van der Waals surface area contributed by atoms with Crippen LogP contribution in [0.4, 0.5) is 4.79 Å². The molecule has 0 saturated heterocycles. The fourth-order valence-electron chi connectivity index (χ4n) is 3.00. The molecule has 27 heavy (non-hydrogen) atoms. The van der Waals surface area contributed by atoms with Crippen LogP contribution in [-0.4, -0.2) is 52.2 Å². The molecule has 0 fully saturated rings. The van der Waals surface area contributed by atoms with E-state index in [0.717, 1.165) is 16.5 Å². The number of rotatable bonds is 7. The first-order valence-electron chi connectivity index (χ1n) is 8.96. The number of carboxylic acid groups (broad SMARTS) is 1. The van der Waals surface area contributed by atoms with Gasteiger partial charge in [-0.3, -0.25) is 0 Å². The fraction of sp³-hybridized carbons (Fsp3) is 0.300. The van der Waals surface area contributed by atoms with Gasteiger partial charge in [-0.15, -0.1) is 0 Å². The van der Waals surface area contributed by atoms with Gasteiger partial charge < -0.3 is 0 Å². The number of H-pyrrole nitrogens is 1. The van der Waals surface area contributed by atoms with E-state index in [9.17, 15) is 9.90 Å². The molecule has 0 unspecified atom stereocenters. The molecule has 2 heterocycles. The zero-order valence-corrected chi connectivity index (χ0v) is 18.7. The summed E-state index contributed by atoms with van der Waals surface area (Å²) >= 11 is -2.23. The van der Waals surface area contributed by atoms with Gasteiger partial charge in [0.15, 0.2) is 0 Å². The topological polar surface area (TPSA) is 87.2 Å². The zero-order valence-electron chi connectivity index (χ0n) is 15.8. The molecule has 0 radical (unpaired) electrons. The maximum atomic E-state index is 11.2. The van der Waals surface area contributed by atoms with Crippen molar-refractivity contribution in [3.8, 4) is 5.75 Å². The number of hydrogen-bond donors (Lipinski definition) is 3. The van der Waals surface area contributed by atoms with Crippen molar-refractivity contribution in [3.63, 3.8) is 0 Å². The van der Waals surface area contributed by atoms with Crippen LogP contribution in [0.3, 0.4) is 0 Å². The van der Waals surface area contributed by atoms with Crippen molar-refractivity contribution in [1.29, 1.82) is 0 Å². The van der Waals surface area contributed by atoms with E-state index in [1.807, 2.05) is 42.7 Å². The third-order valence-electron chi connectivity index (χ3n) is 4.50. The average molecular weight is 474 g/mol. The van der Waals surface area contributed by atoms with Crippen molar-refractivity contribution in [2.24, 2.45) is 0 Å². The third kappa shape index (κ3) is 5.15. The van der Waals surface area contributed by atoms with Crippen LogP contribution in [0.15, 0.2) is 48.9 Å². The monoisotopic (exact) mass is 475 g/mol. The molecule has 0 aliphatic carbocycles. The first-order chi connectivity index (χ1) is 12.8. The number of pyridine rings is 1. The van der Waals surface area contributed by atoms with Gasteiger partial charge in [0.2, 0.25) is 0 Å². The summed E-state index contributed by atoms with van der Waals surface area (Å²) < 4.78 is 7.18. The van der Waals surface area contributed by atoms with Crippen molar-refractivity contribution in [1.82, 2.24) is 15.3 Å². The molecule has 3 N–H and O–H groups in total. The van der Waals surface area contributed by atoms with E-state index in [4.69, 9.17) is 4.74 Å². The Bertz CT molecular complexity index is 933. The number of benzene rings is 1. The molecule has 0 aliphatic rings. The summed E-state index contributed by atoms with van der Waals surface area (Å²) in [5.41, 5.74) is 2.10. The van der Waals surface area contributed by atoms with E-state index in [1.54, 1.807) is 6.20 Å². The molecule has 3 aromatic rings. The summed E-state index contributed by atoms with van der Waals surface area (Å²) in [5, 5.41) is 12.9. The first-order valence-corrected chi connectivity index (χ1v) is 18.9. The Morgan fingerprint density at radius 3 is 2.81 bits per heavy atom. The van der Waals surface area contributed by atoms with E-state index in [-0.39, 0.29) is 12.6 Å². The summed E-state index contributed by atoms with van der Waals surface area (Å²) in [7, 11) is 0. The van der Waals surface area contributed by atoms with Gasteiger partial charge in [-0.05, 0) is 0 Å². The van der Waals surface area contributed by atoms with Gasteiger partial charge in [-0.1, -0.05) is 0 Å². The molecule has 1 aromatic carbocycles. The van der Waals surface area contributed by atoms with Gasteiger partial charge in [-0.25, -0.2) is 0 Å². The van der Waals surface area contributed by atoms with Crippen LogP contribution in [0.25, 0.3) is 10.9 Å². The number of nitrogens with one attached hydrogen (secondary N) is 2. The van der Waals surface area contributed by atoms with Gasteiger partial charge >= 0.3 is 163 Å². The molecule has 142 valence electrons. The van der Waals surface area contributed by atoms with Crippen LogP contribution >= 0.6 is 0 Å². The molecule has 0 saturated carbocycles. The van der Waals surface area contributed by atoms with Gasteiger partial charge in [0.05, 0.1) is 0 Å². The van der Waals surface area contributed by atoms with Crippen LogP contribution in [0.2, 0.25) is 14.8 Å². The molecule has 3 rings (SSSR count). The van der Waals surface area contributed by atoms with Gasteiger partial charge in [-0.2, -0.15) is 0 Å². The Balaban J connectivity index is 1.73. The SMILES string of the molecule is [CH3][Sn]([CH3])([CH3])[c]1cncc(OC[C@H](Cc2c[nH]c3ccccc23)NC(=O)O)c1. The number of aromatic amines is 1. The Morgan fingerprint density at radius 1 is 1.30 bits per heavy atom. The maximum absolute atomic E-state index is 11.2. The van der Waals surface area contributed by atoms with Crippen LogP contribution in [-0.2, 0) is 6.42 Å². The molecule has 1 amide bonds. The summed E-state index contributed by atoms with van der Waals surface area (Å²) in [6.07, 6.45) is 5.02. The molecular formula is C20H25N3O3Sn. The Labute approximate surface area is 162 Å². The average Bonchev–Trinajstić information content (AvgIpc) is 3.02. The first kappa shape index (κ1) is 19.5. The van der Waals surface area contributed by atoms with E-state index in [2.05, 4.69) is 30.1 Å². The minimum absolute atomic E-state index is 0.247. The fourth-order valence-corrected chi connectivity index (χ4v) is 5.96. The third-order valence-corrected chi connectivity index (χ3v) is 10.2. The van der Waals surface area contributed by atoms with Crippen molar-refractivity contribution >= 4 is 39.0 Å². The van der Waals surface area contributed by atoms with Gasteiger partial charge in [0.25, 0.3) is 0 Å². The number of carbonyl (C=O) groups is 1.